The Balaban J connectivity index is 2.30. The number of halogens is 3. The molecule has 1 aromatic rings. The molecule has 1 aliphatic carbocycles. The number of aromatic nitrogens is 1. The summed E-state index contributed by atoms with van der Waals surface area (Å²) in [6.07, 6.45) is 1.59. The monoisotopic (exact) mass is 305 g/mol. The van der Waals surface area contributed by atoms with Crippen molar-refractivity contribution in [3.63, 3.8) is 0 Å². The molecule has 0 amide bonds. The van der Waals surface area contributed by atoms with Crippen LogP contribution in [0.1, 0.15) is 37.7 Å². The second-order valence-corrected chi connectivity index (χ2v) is 5.92. The number of alkyl halides is 3. The van der Waals surface area contributed by atoms with Crippen LogP contribution in [0.2, 0.25) is 0 Å². The van der Waals surface area contributed by atoms with Crippen LogP contribution in [0.25, 0.3) is 0 Å². The van der Waals surface area contributed by atoms with Crippen molar-refractivity contribution in [2.75, 3.05) is 5.75 Å². The van der Waals surface area contributed by atoms with E-state index in [1.165, 1.54) is 4.57 Å². The summed E-state index contributed by atoms with van der Waals surface area (Å²) in [5.74, 6) is 0.593. The van der Waals surface area contributed by atoms with Crippen LogP contribution in [0.5, 0.6) is 0 Å². The summed E-state index contributed by atoms with van der Waals surface area (Å²) in [6, 6.07) is 1.84. The molecule has 0 unspecified atom stereocenters. The molecular weight excluding hydrogens is 287 g/mol. The summed E-state index contributed by atoms with van der Waals surface area (Å²) in [4.78, 5) is 11.8. The van der Waals surface area contributed by atoms with Gasteiger partial charge < -0.3 is 4.57 Å². The lowest BCUT2D eigenvalue weighted by Crippen LogP contribution is -2.35. The zero-order chi connectivity index (χ0) is 14.8. The highest BCUT2D eigenvalue weighted by Gasteiger charge is 2.34. The first kappa shape index (κ1) is 15.5. The van der Waals surface area contributed by atoms with Crippen molar-refractivity contribution in [2.45, 2.75) is 44.8 Å². The highest BCUT2D eigenvalue weighted by molar-refractivity contribution is 7.80. The smallest absolute Gasteiger partial charge is 0.314 e. The fraction of sp³-hybridized carbons (Fsp3) is 0.643. The summed E-state index contributed by atoms with van der Waals surface area (Å²) in [5, 5.41) is 0. The second-order valence-electron chi connectivity index (χ2n) is 5.60. The summed E-state index contributed by atoms with van der Waals surface area (Å²) in [5.41, 5.74) is -1.32. The summed E-state index contributed by atoms with van der Waals surface area (Å²) in [7, 11) is 0. The number of hydrogen-bond donors (Lipinski definition) is 1. The lowest BCUT2D eigenvalue weighted by molar-refractivity contribution is -0.138. The van der Waals surface area contributed by atoms with Gasteiger partial charge in [-0.25, -0.2) is 0 Å². The average Bonchev–Trinajstić information content (AvgIpc) is 2.41. The molecule has 2 nitrogen and oxygen atoms in total. The predicted octanol–water partition coefficient (Wildman–Crippen LogP) is 3.75. The number of rotatable bonds is 3. The van der Waals surface area contributed by atoms with E-state index in [9.17, 15) is 18.0 Å². The van der Waals surface area contributed by atoms with Crippen LogP contribution in [-0.4, -0.2) is 10.3 Å². The van der Waals surface area contributed by atoms with Gasteiger partial charge in [-0.1, -0.05) is 19.3 Å². The Bertz CT molecular complexity index is 518. The predicted molar refractivity (Wildman–Crippen MR) is 75.1 cm³/mol. The van der Waals surface area contributed by atoms with E-state index >= 15 is 0 Å². The van der Waals surface area contributed by atoms with Crippen molar-refractivity contribution < 1.29 is 13.2 Å². The summed E-state index contributed by atoms with van der Waals surface area (Å²) in [6.45, 7) is 0.319. The van der Waals surface area contributed by atoms with E-state index in [1.54, 1.807) is 0 Å². The van der Waals surface area contributed by atoms with E-state index < -0.39 is 11.7 Å². The molecule has 6 heteroatoms. The molecule has 0 saturated heterocycles. The third-order valence-electron chi connectivity index (χ3n) is 4.07. The van der Waals surface area contributed by atoms with Gasteiger partial charge in [-0.3, -0.25) is 4.79 Å². The van der Waals surface area contributed by atoms with Crippen molar-refractivity contribution in [3.8, 4) is 0 Å². The molecule has 1 aromatic heterocycles. The Hall–Kier alpha value is -0.910. The molecule has 1 heterocycles. The maximum atomic E-state index is 12.7. The molecule has 20 heavy (non-hydrogen) atoms. The normalized spacial score (nSPS) is 19.0. The minimum absolute atomic E-state index is 0.157. The molecular formula is C14H18F3NOS. The molecule has 0 aromatic carbocycles. The van der Waals surface area contributed by atoms with E-state index in [4.69, 9.17) is 0 Å². The third-order valence-corrected chi connectivity index (χ3v) is 4.74. The molecule has 1 saturated carbocycles. The van der Waals surface area contributed by atoms with Gasteiger partial charge in [0.2, 0.25) is 0 Å². The SMILES string of the molecule is O=c1ccc(C(F)(F)F)cn1CC1(CS)CCCCC1. The number of nitrogens with zero attached hydrogens (tertiary/aromatic N) is 1. The highest BCUT2D eigenvalue weighted by Crippen LogP contribution is 2.38. The van der Waals surface area contributed by atoms with E-state index in [-0.39, 0.29) is 11.0 Å². The van der Waals surface area contributed by atoms with Crippen molar-refractivity contribution in [3.05, 3.63) is 34.2 Å². The van der Waals surface area contributed by atoms with Crippen LogP contribution in [0.4, 0.5) is 13.2 Å². The second kappa shape index (κ2) is 5.84. The van der Waals surface area contributed by atoms with Gasteiger partial charge in [0.25, 0.3) is 5.56 Å². The molecule has 1 aliphatic rings. The van der Waals surface area contributed by atoms with Crippen LogP contribution in [0.15, 0.2) is 23.1 Å². The van der Waals surface area contributed by atoms with Crippen molar-refractivity contribution in [1.82, 2.24) is 4.57 Å². The summed E-state index contributed by atoms with van der Waals surface area (Å²) >= 11 is 4.36. The molecule has 0 bridgehead atoms. The Labute approximate surface area is 121 Å². The molecule has 0 spiro atoms. The standard InChI is InChI=1S/C14H18F3NOS/c15-14(16,17)11-4-5-12(19)18(8-11)9-13(10-20)6-2-1-3-7-13/h4-5,8,20H,1-3,6-7,9-10H2. The van der Waals surface area contributed by atoms with Gasteiger partial charge in [0, 0.05) is 18.8 Å². The molecule has 112 valence electrons. The molecule has 0 aliphatic heterocycles. The Kier molecular flexibility index (Phi) is 4.52. The zero-order valence-electron chi connectivity index (χ0n) is 11.1. The lowest BCUT2D eigenvalue weighted by atomic mass is 9.75. The zero-order valence-corrected chi connectivity index (χ0v) is 12.0. The molecule has 0 radical (unpaired) electrons. The van der Waals surface area contributed by atoms with Crippen LogP contribution in [0.3, 0.4) is 0 Å². The fourth-order valence-electron chi connectivity index (χ4n) is 2.85. The molecule has 1 fully saturated rings. The number of hydrogen-bond acceptors (Lipinski definition) is 2. The number of thiol groups is 1. The van der Waals surface area contributed by atoms with Crippen molar-refractivity contribution >= 4 is 12.6 Å². The number of pyridine rings is 1. The highest BCUT2D eigenvalue weighted by atomic mass is 32.1. The van der Waals surface area contributed by atoms with Crippen LogP contribution < -0.4 is 5.56 Å². The molecule has 0 N–H and O–H groups in total. The minimum atomic E-state index is -4.42. The van der Waals surface area contributed by atoms with E-state index in [1.807, 2.05) is 0 Å². The third kappa shape index (κ3) is 3.40. The molecule has 0 atom stereocenters. The summed E-state index contributed by atoms with van der Waals surface area (Å²) < 4.78 is 39.4. The quantitative estimate of drug-likeness (QED) is 0.844. The average molecular weight is 305 g/mol. The Morgan fingerprint density at radius 1 is 1.20 bits per heavy atom. The molecule has 2 rings (SSSR count). The van der Waals surface area contributed by atoms with Crippen LogP contribution in [-0.2, 0) is 12.7 Å². The van der Waals surface area contributed by atoms with Crippen molar-refractivity contribution in [1.29, 1.82) is 0 Å². The fourth-order valence-corrected chi connectivity index (χ4v) is 3.27. The van der Waals surface area contributed by atoms with E-state index in [2.05, 4.69) is 12.6 Å². The van der Waals surface area contributed by atoms with Gasteiger partial charge in [-0.2, -0.15) is 25.8 Å². The van der Waals surface area contributed by atoms with Crippen LogP contribution >= 0.6 is 12.6 Å². The van der Waals surface area contributed by atoms with Gasteiger partial charge in [0.05, 0.1) is 5.56 Å². The minimum Gasteiger partial charge on any atom is -0.314 e. The van der Waals surface area contributed by atoms with E-state index in [0.717, 1.165) is 50.4 Å². The lowest BCUT2D eigenvalue weighted by Gasteiger charge is -2.36. The topological polar surface area (TPSA) is 22.0 Å². The van der Waals surface area contributed by atoms with Crippen molar-refractivity contribution in [2.24, 2.45) is 5.41 Å². The van der Waals surface area contributed by atoms with Gasteiger partial charge >= 0.3 is 6.18 Å². The Morgan fingerprint density at radius 3 is 2.40 bits per heavy atom. The first-order valence-corrected chi connectivity index (χ1v) is 7.38. The Morgan fingerprint density at radius 2 is 1.85 bits per heavy atom. The largest absolute Gasteiger partial charge is 0.417 e. The van der Waals surface area contributed by atoms with Gasteiger partial charge in [0.1, 0.15) is 0 Å². The first-order chi connectivity index (χ1) is 9.36. The van der Waals surface area contributed by atoms with Gasteiger partial charge in [0.15, 0.2) is 0 Å². The van der Waals surface area contributed by atoms with Gasteiger partial charge in [-0.05, 0) is 30.1 Å². The first-order valence-electron chi connectivity index (χ1n) is 6.75. The van der Waals surface area contributed by atoms with E-state index in [0.29, 0.717) is 12.3 Å². The van der Waals surface area contributed by atoms with Gasteiger partial charge in [-0.15, -0.1) is 0 Å². The maximum Gasteiger partial charge on any atom is 0.417 e. The maximum absolute atomic E-state index is 12.7. The van der Waals surface area contributed by atoms with Crippen LogP contribution in [0, 0.1) is 5.41 Å².